The molecular weight excluding hydrogens is 1500 g/mol. The Hall–Kier alpha value is -8.52. The van der Waals surface area contributed by atoms with Crippen LogP contribution in [0.5, 0.6) is 0 Å². The summed E-state index contributed by atoms with van der Waals surface area (Å²) in [7, 11) is 6.07. The number of nitrogens with zero attached hydrogens (tertiary/aromatic N) is 3. The number of urea groups is 1. The largest absolute Gasteiger partial charge is 0.445 e. The number of ether oxygens (including phenoxy) is 3. The van der Waals surface area contributed by atoms with Crippen molar-refractivity contribution in [1.29, 1.82) is 0 Å². The van der Waals surface area contributed by atoms with Crippen LogP contribution in [0.2, 0.25) is 0 Å². The maximum absolute atomic E-state index is 14.9. The van der Waals surface area contributed by atoms with Gasteiger partial charge in [0.15, 0.2) is 0 Å². The van der Waals surface area contributed by atoms with Gasteiger partial charge in [-0.2, -0.15) is 23.5 Å². The molecule has 630 valence electrons. The van der Waals surface area contributed by atoms with Crippen LogP contribution in [0.3, 0.4) is 0 Å². The van der Waals surface area contributed by atoms with Gasteiger partial charge in [-0.15, -0.1) is 0 Å². The molecule has 2 heterocycles. The van der Waals surface area contributed by atoms with Gasteiger partial charge in [0.25, 0.3) is 5.91 Å². The van der Waals surface area contributed by atoms with E-state index in [1.807, 2.05) is 55.6 Å². The number of thioether (sulfide) groups is 2. The predicted molar refractivity (Wildman–Crippen MR) is 442 cm³/mol. The Morgan fingerprint density at radius 3 is 1.87 bits per heavy atom. The van der Waals surface area contributed by atoms with Crippen molar-refractivity contribution in [2.75, 3.05) is 75.4 Å². The Morgan fingerprint density at radius 2 is 1.30 bits per heavy atom. The van der Waals surface area contributed by atoms with Gasteiger partial charge in [0.05, 0.1) is 48.8 Å². The van der Waals surface area contributed by atoms with Crippen molar-refractivity contribution < 1.29 is 76.9 Å². The summed E-state index contributed by atoms with van der Waals surface area (Å²) in [5.41, 5.74) is 7.71. The van der Waals surface area contributed by atoms with Crippen LogP contribution in [-0.4, -0.2) is 214 Å². The molecule has 2 aliphatic heterocycles. The van der Waals surface area contributed by atoms with Gasteiger partial charge in [0, 0.05) is 111 Å². The molecule has 14 atom stereocenters. The first kappa shape index (κ1) is 92.6. The topological polar surface area (TPSA) is 397 Å². The first-order valence-electron chi connectivity index (χ1n) is 40.4. The van der Waals surface area contributed by atoms with E-state index in [-0.39, 0.29) is 96.4 Å². The molecular formula is C83H125N13O16S2. The van der Waals surface area contributed by atoms with Crippen LogP contribution in [0.4, 0.5) is 26.7 Å². The van der Waals surface area contributed by atoms with Crippen LogP contribution in [0.25, 0.3) is 0 Å². The molecule has 2 saturated carbocycles. The highest BCUT2D eigenvalue weighted by molar-refractivity contribution is 8.05. The first-order chi connectivity index (χ1) is 54.2. The second kappa shape index (κ2) is 44.0. The van der Waals surface area contributed by atoms with Crippen LogP contribution >= 0.6 is 23.5 Å². The monoisotopic (exact) mass is 1620 g/mol. The van der Waals surface area contributed by atoms with E-state index in [1.54, 1.807) is 127 Å². The number of benzene rings is 3. The summed E-state index contributed by atoms with van der Waals surface area (Å²) in [4.78, 5) is 169. The lowest BCUT2D eigenvalue weighted by Crippen LogP contribution is -2.60. The molecule has 3 aromatic carbocycles. The van der Waals surface area contributed by atoms with Crippen molar-refractivity contribution in [3.05, 3.63) is 89.5 Å². The van der Waals surface area contributed by atoms with Gasteiger partial charge >= 0.3 is 12.1 Å². The number of fused-ring (bicyclic) bond motifs is 2. The third kappa shape index (κ3) is 25.7. The van der Waals surface area contributed by atoms with E-state index in [4.69, 9.17) is 19.9 Å². The van der Waals surface area contributed by atoms with Crippen molar-refractivity contribution in [3.63, 3.8) is 0 Å². The lowest BCUT2D eigenvalue weighted by atomic mass is 9.89. The number of carbonyl (C=O) groups is 12. The van der Waals surface area contributed by atoms with Crippen LogP contribution in [0.15, 0.2) is 72.8 Å². The minimum Gasteiger partial charge on any atom is -0.445 e. The number of primary amides is 1. The van der Waals surface area contributed by atoms with Gasteiger partial charge in [-0.25, -0.2) is 9.59 Å². The number of methoxy groups -OCH3 is 2. The molecule has 0 spiro atoms. The van der Waals surface area contributed by atoms with Gasteiger partial charge in [0.2, 0.25) is 53.2 Å². The molecule has 12 N–H and O–H groups in total. The molecule has 2 aliphatic carbocycles. The van der Waals surface area contributed by atoms with Crippen molar-refractivity contribution in [2.24, 2.45) is 35.3 Å². The highest BCUT2D eigenvalue weighted by atomic mass is 32.2. The highest BCUT2D eigenvalue weighted by Crippen LogP contribution is 2.70. The van der Waals surface area contributed by atoms with E-state index in [0.29, 0.717) is 78.3 Å². The molecule has 0 radical (unpaired) electrons. The first-order valence-corrected chi connectivity index (χ1v) is 42.3. The molecule has 114 heavy (non-hydrogen) atoms. The number of rotatable bonds is 37. The van der Waals surface area contributed by atoms with Gasteiger partial charge in [-0.3, -0.25) is 52.8 Å². The minimum absolute atomic E-state index is 0.0471. The van der Waals surface area contributed by atoms with E-state index < -0.39 is 132 Å². The zero-order valence-electron chi connectivity index (χ0n) is 69.0. The SMILES string of the molecule is CC[C@H](C)[C@@H]([C@@H](CC(=O)N1CCC[C@H]1[C@H](OC)[C@@H](C)C(=O)N[C@H](C)[C@@H](O)c1ccccc1)OC)N(C)C(=O)[C@@H](NC(=O)[C@H](C(C)C)N(C)C(=O)OCc1ccc(NC(=O)[C@H](CCCNC(N)=O)NC(=O)[C@@H](NC(=O)CCCNC(=O)c2cc3cc(c2)NC(=O)CCSC24CCCCCC2(C4)SCCC(=O)N3)C(C)C)cc1)C(C)C. The normalized spacial score (nSPS) is 20.6. The molecule has 3 fully saturated rings. The lowest BCUT2D eigenvalue weighted by molar-refractivity contribution is -0.148. The van der Waals surface area contributed by atoms with Crippen LogP contribution < -0.4 is 53.6 Å². The number of aliphatic hydroxyl groups excluding tert-OH is 1. The molecule has 7 rings (SSSR count). The average Bonchev–Trinajstić information content (AvgIpc) is 1.54. The zero-order chi connectivity index (χ0) is 83.7. The van der Waals surface area contributed by atoms with Crippen LogP contribution in [0.1, 0.15) is 200 Å². The number of carbonyl (C=O) groups excluding carboxylic acids is 12. The second-order valence-electron chi connectivity index (χ2n) is 32.0. The van der Waals surface area contributed by atoms with Gasteiger partial charge in [-0.1, -0.05) is 130 Å². The summed E-state index contributed by atoms with van der Waals surface area (Å²) in [6.07, 6.45) is 6.35. The number of likely N-dealkylation sites (tertiary alicyclic amines) is 1. The fourth-order valence-corrected chi connectivity index (χ4v) is 19.6. The Morgan fingerprint density at radius 1 is 0.684 bits per heavy atom. The quantitative estimate of drug-likeness (QED) is 0.0240. The van der Waals surface area contributed by atoms with Crippen LogP contribution in [-0.2, 0) is 64.0 Å². The van der Waals surface area contributed by atoms with Crippen LogP contribution in [0, 0.1) is 29.6 Å². The molecule has 2 bridgehead atoms. The lowest BCUT2D eigenvalue weighted by Gasteiger charge is -2.41. The van der Waals surface area contributed by atoms with Gasteiger partial charge < -0.3 is 82.7 Å². The van der Waals surface area contributed by atoms with E-state index >= 15 is 0 Å². The van der Waals surface area contributed by atoms with E-state index in [2.05, 4.69) is 47.9 Å². The Kier molecular flexibility index (Phi) is 35.7. The molecule has 29 nitrogen and oxygen atoms in total. The Balaban J connectivity index is 0.900. The predicted octanol–water partition coefficient (Wildman–Crippen LogP) is 8.78. The third-order valence-corrected chi connectivity index (χ3v) is 26.0. The molecule has 0 aromatic heterocycles. The van der Waals surface area contributed by atoms with E-state index in [1.165, 1.54) is 45.4 Å². The fraction of sp³-hybridized carbons (Fsp3) is 0.639. The fourth-order valence-electron chi connectivity index (χ4n) is 15.8. The average molecular weight is 1630 g/mol. The number of amides is 13. The van der Waals surface area contributed by atoms with Gasteiger partial charge in [-0.05, 0) is 123 Å². The summed E-state index contributed by atoms with van der Waals surface area (Å²) < 4.78 is 18.1. The maximum Gasteiger partial charge on any atom is 0.410 e. The zero-order valence-corrected chi connectivity index (χ0v) is 70.6. The number of hydrogen-bond donors (Lipinski definition) is 11. The molecule has 2 unspecified atom stereocenters. The summed E-state index contributed by atoms with van der Waals surface area (Å²) in [6.45, 7) is 18.3. The molecule has 1 saturated heterocycles. The summed E-state index contributed by atoms with van der Waals surface area (Å²) >= 11 is 3.77. The third-order valence-electron chi connectivity index (χ3n) is 22.5. The molecule has 4 aliphatic rings. The van der Waals surface area contributed by atoms with Crippen molar-refractivity contribution in [2.45, 2.75) is 249 Å². The summed E-state index contributed by atoms with van der Waals surface area (Å²) in [5.74, 6) is -5.14. The Bertz CT molecular complexity index is 3730. The second-order valence-corrected chi connectivity index (χ2v) is 34.9. The standard InChI is InChI=1S/C83H125N13O16S2/c1-15-52(8)71(63(110-13)46-67(100)96-40-24-28-62(96)73(111-14)53(9)74(102)87-54(10)72(101)56-25-18-16-19-26-56)94(11)79(107)69(50(4)5)93-78(106)70(51(6)7)95(12)81(109)112-47-55-30-32-58(33-31-55)90-76(104)61(27-22-39-86-80(84)108)91-77(105)68(49(2)3)92-64(97)29-23-38-85-75(103)57-43-59-45-60(44-57)89-66(99)35-42-114-83-37-21-17-20-36-82(83,48-83)113-41-34-65(98)88-59/h16,18-19,25-26,30-33,43-45,49-54,61-63,68-73,101H,15,17,20-24,27-29,34-42,46-48H2,1-14H3,(H,85,103)(H,87,102)(H,88,98)(H,89,99)(H,90,104)(H,91,105)(H,92,97)(H,93,106)(H3,84,86,108)/t52-,53+,54+,61-,62-,63+,68-,69-,70-,71-,72+,73+,82?,83?/m0/s1. The number of nitrogens with one attached hydrogen (secondary N) is 9. The number of aliphatic hydroxyl groups is 1. The smallest absolute Gasteiger partial charge is 0.410 e. The Labute approximate surface area is 680 Å². The van der Waals surface area contributed by atoms with E-state index in [0.717, 1.165) is 19.3 Å². The molecule has 31 heteroatoms. The van der Waals surface area contributed by atoms with E-state index in [9.17, 15) is 62.6 Å². The molecule has 13 amide bonds. The minimum atomic E-state index is -1.17. The molecule has 3 aromatic rings. The number of nitrogens with two attached hydrogens (primary N) is 1. The maximum atomic E-state index is 14.9. The van der Waals surface area contributed by atoms with Gasteiger partial charge in [0.1, 0.15) is 30.8 Å². The number of likely N-dealkylation sites (N-methyl/N-ethyl adjacent to an activating group) is 2. The summed E-state index contributed by atoms with van der Waals surface area (Å²) in [6, 6.07) is 13.2. The number of hydrogen-bond acceptors (Lipinski definition) is 18. The number of anilines is 3. The van der Waals surface area contributed by atoms with Crippen molar-refractivity contribution >= 4 is 112 Å². The van der Waals surface area contributed by atoms with Crippen molar-refractivity contribution in [1.82, 2.24) is 46.6 Å². The van der Waals surface area contributed by atoms with Crippen molar-refractivity contribution in [3.8, 4) is 0 Å². The highest BCUT2D eigenvalue weighted by Gasteiger charge is 2.67. The summed E-state index contributed by atoms with van der Waals surface area (Å²) in [5, 5.41) is 36.4.